The van der Waals surface area contributed by atoms with Gasteiger partial charge < -0.3 is 24.4 Å². The Hall–Kier alpha value is -1.44. The molecule has 2 aliphatic heterocycles. The van der Waals surface area contributed by atoms with Crippen LogP contribution in [0, 0.1) is 34.0 Å². The van der Waals surface area contributed by atoms with Gasteiger partial charge in [-0.3, -0.25) is 0 Å². The Kier molecular flexibility index (Phi) is 5.97. The zero-order valence-electron chi connectivity index (χ0n) is 21.8. The summed E-state index contributed by atoms with van der Waals surface area (Å²) in [6, 6.07) is 0. The van der Waals surface area contributed by atoms with Crippen molar-refractivity contribution in [2.45, 2.75) is 110 Å². The van der Waals surface area contributed by atoms with Crippen molar-refractivity contribution in [2.75, 3.05) is 6.61 Å². The molecule has 196 valence electrons. The van der Waals surface area contributed by atoms with Gasteiger partial charge in [0.15, 0.2) is 0 Å². The summed E-state index contributed by atoms with van der Waals surface area (Å²) in [5, 5.41) is 20.1. The fourth-order valence-corrected chi connectivity index (χ4v) is 9.49. The van der Waals surface area contributed by atoms with E-state index in [1.807, 2.05) is 0 Å². The van der Waals surface area contributed by atoms with Crippen LogP contribution in [0.25, 0.3) is 0 Å². The lowest BCUT2D eigenvalue weighted by atomic mass is 9.38. The van der Waals surface area contributed by atoms with Crippen molar-refractivity contribution >= 4 is 11.9 Å². The summed E-state index contributed by atoms with van der Waals surface area (Å²) >= 11 is 0. The molecule has 0 aromatic rings. The van der Waals surface area contributed by atoms with E-state index in [0.717, 1.165) is 19.3 Å². The summed E-state index contributed by atoms with van der Waals surface area (Å²) in [4.78, 5) is 24.1. The molecule has 3 saturated carbocycles. The van der Waals surface area contributed by atoms with E-state index in [-0.39, 0.29) is 23.4 Å². The highest BCUT2D eigenvalue weighted by Crippen LogP contribution is 2.71. The Balaban J connectivity index is 1.50. The van der Waals surface area contributed by atoms with E-state index >= 15 is 0 Å². The third-order valence-corrected chi connectivity index (χ3v) is 10.9. The van der Waals surface area contributed by atoms with Crippen molar-refractivity contribution in [1.82, 2.24) is 0 Å². The molecule has 0 radical (unpaired) electrons. The van der Waals surface area contributed by atoms with E-state index in [1.165, 1.54) is 38.7 Å². The van der Waals surface area contributed by atoms with Gasteiger partial charge in [0.1, 0.15) is 18.3 Å². The van der Waals surface area contributed by atoms with Crippen molar-refractivity contribution in [1.29, 1.82) is 0 Å². The van der Waals surface area contributed by atoms with Gasteiger partial charge in [0.05, 0.1) is 6.10 Å². The quantitative estimate of drug-likeness (QED) is 0.576. The molecule has 2 N–H and O–H groups in total. The lowest BCUT2D eigenvalue weighted by molar-refractivity contribution is -0.218. The highest BCUT2D eigenvalue weighted by Gasteiger charge is 2.68. The van der Waals surface area contributed by atoms with Crippen LogP contribution in [0.1, 0.15) is 86.0 Å². The summed E-state index contributed by atoms with van der Waals surface area (Å²) in [6.07, 6.45) is 6.85. The van der Waals surface area contributed by atoms with E-state index in [1.54, 1.807) is 0 Å². The number of carbonyl (C=O) groups excluding carboxylic acids is 2. The second kappa shape index (κ2) is 8.29. The summed E-state index contributed by atoms with van der Waals surface area (Å²) < 4.78 is 17.3. The fraction of sp³-hybridized carbons (Fsp3) is 0.857. The molecule has 0 bridgehead atoms. The topological polar surface area (TPSA) is 102 Å². The number of cyclic esters (lactones) is 1. The van der Waals surface area contributed by atoms with Crippen LogP contribution >= 0.6 is 0 Å². The minimum Gasteiger partial charge on any atom is -0.461 e. The molecule has 3 aliphatic carbocycles. The van der Waals surface area contributed by atoms with Crippen molar-refractivity contribution in [3.8, 4) is 0 Å². The monoisotopic (exact) mass is 490 g/mol. The second-order valence-corrected chi connectivity index (χ2v) is 13.2. The van der Waals surface area contributed by atoms with Gasteiger partial charge in [-0.1, -0.05) is 34.1 Å². The molecule has 4 fully saturated rings. The van der Waals surface area contributed by atoms with E-state index in [9.17, 15) is 19.8 Å². The first kappa shape index (κ1) is 25.2. The number of ether oxygens (including phenoxy) is 3. The molecule has 0 aromatic carbocycles. The largest absolute Gasteiger partial charge is 0.461 e. The molecule has 5 rings (SSSR count). The number of rotatable bonds is 4. The molecule has 0 aromatic heterocycles. The van der Waals surface area contributed by atoms with Crippen molar-refractivity contribution in [3.05, 3.63) is 11.6 Å². The minimum absolute atomic E-state index is 0.0160. The molecule has 0 amide bonds. The van der Waals surface area contributed by atoms with Crippen molar-refractivity contribution < 1.29 is 34.0 Å². The van der Waals surface area contributed by atoms with Crippen molar-refractivity contribution in [2.24, 2.45) is 34.0 Å². The van der Waals surface area contributed by atoms with E-state index < -0.39 is 36.0 Å². The van der Waals surface area contributed by atoms with Gasteiger partial charge in [0.25, 0.3) is 0 Å². The lowest BCUT2D eigenvalue weighted by Crippen LogP contribution is -2.63. The molecule has 0 spiro atoms. The van der Waals surface area contributed by atoms with Gasteiger partial charge in [-0.05, 0) is 85.9 Å². The normalized spacial score (nSPS) is 47.1. The maximum Gasteiger partial charge on any atom is 0.334 e. The first-order chi connectivity index (χ1) is 16.3. The van der Waals surface area contributed by atoms with Crippen LogP contribution in [0.2, 0.25) is 0 Å². The zero-order valence-corrected chi connectivity index (χ0v) is 21.8. The van der Waals surface area contributed by atoms with Crippen LogP contribution < -0.4 is 0 Å². The average Bonchev–Trinajstić information content (AvgIpc) is 3.31. The summed E-state index contributed by atoms with van der Waals surface area (Å²) in [5.41, 5.74) is 0.323. The molecule has 2 heterocycles. The fourth-order valence-electron chi connectivity index (χ4n) is 9.49. The Morgan fingerprint density at radius 3 is 2.43 bits per heavy atom. The third kappa shape index (κ3) is 3.79. The van der Waals surface area contributed by atoms with E-state index in [2.05, 4.69) is 27.7 Å². The number of aliphatic hydroxyl groups is 2. The van der Waals surface area contributed by atoms with Gasteiger partial charge >= 0.3 is 11.9 Å². The predicted molar refractivity (Wildman–Crippen MR) is 128 cm³/mol. The van der Waals surface area contributed by atoms with Crippen LogP contribution in [0.5, 0.6) is 0 Å². The maximum atomic E-state index is 12.2. The van der Waals surface area contributed by atoms with E-state index in [4.69, 9.17) is 14.2 Å². The van der Waals surface area contributed by atoms with Gasteiger partial charge in [-0.15, -0.1) is 0 Å². The van der Waals surface area contributed by atoms with E-state index in [0.29, 0.717) is 29.2 Å². The Morgan fingerprint density at radius 2 is 1.77 bits per heavy atom. The average molecular weight is 491 g/mol. The second-order valence-electron chi connectivity index (χ2n) is 13.2. The van der Waals surface area contributed by atoms with Gasteiger partial charge in [0.2, 0.25) is 6.29 Å². The Labute approximate surface area is 208 Å². The van der Waals surface area contributed by atoms with Gasteiger partial charge in [0, 0.05) is 11.6 Å². The molecule has 1 saturated heterocycles. The number of carbonyl (C=O) groups is 2. The van der Waals surface area contributed by atoms with Crippen LogP contribution in [-0.4, -0.2) is 52.9 Å². The number of esters is 2. The maximum absolute atomic E-state index is 12.2. The standard InChI is InChI=1S/C28H42O7/c1-16(29)23(31)33-15-28-12-8-20-26(4)10-6-9-25(2,3)19(26)7-11-27(20,5)21(28)14-18(35-28)17-13-22(30)34-24(17)32/h13,16,18-21,24,29,32H,6-12,14-15H2,1-5H3/t16?,18-,19+,20-,21+,24?,26+,27-,28-/m1/s1. The Bertz CT molecular complexity index is 924. The molecule has 7 nitrogen and oxygen atoms in total. The SMILES string of the molecule is CC(O)C(=O)OC[C@]12CC[C@H]3[C@@](C)(CC[C@H]4C(C)(C)CCC[C@]34C)[C@@H]1C[C@H](C1=CC(=O)OC1O)O2. The summed E-state index contributed by atoms with van der Waals surface area (Å²) in [5.74, 6) is 0.113. The lowest BCUT2D eigenvalue weighted by Gasteiger charge is -2.67. The highest BCUT2D eigenvalue weighted by atomic mass is 16.6. The minimum atomic E-state index is -1.29. The zero-order chi connectivity index (χ0) is 25.4. The molecule has 9 atom stereocenters. The summed E-state index contributed by atoms with van der Waals surface area (Å²) in [7, 11) is 0. The van der Waals surface area contributed by atoms with Gasteiger partial charge in [-0.2, -0.15) is 0 Å². The van der Waals surface area contributed by atoms with Crippen LogP contribution in [0.4, 0.5) is 0 Å². The Morgan fingerprint density at radius 1 is 1.09 bits per heavy atom. The van der Waals surface area contributed by atoms with Crippen LogP contribution in [-0.2, 0) is 23.8 Å². The smallest absolute Gasteiger partial charge is 0.334 e. The molecule has 5 aliphatic rings. The predicted octanol–water partition coefficient (Wildman–Crippen LogP) is 3.90. The first-order valence-corrected chi connectivity index (χ1v) is 13.5. The summed E-state index contributed by atoms with van der Waals surface area (Å²) in [6.45, 7) is 11.3. The molecular weight excluding hydrogens is 448 g/mol. The first-order valence-electron chi connectivity index (χ1n) is 13.5. The number of fused-ring (bicyclic) bond motifs is 5. The number of hydrogen-bond donors (Lipinski definition) is 2. The highest BCUT2D eigenvalue weighted by molar-refractivity contribution is 5.85. The number of hydrogen-bond acceptors (Lipinski definition) is 7. The van der Waals surface area contributed by atoms with Crippen molar-refractivity contribution in [3.63, 3.8) is 0 Å². The number of aliphatic hydroxyl groups excluding tert-OH is 2. The molecule has 2 unspecified atom stereocenters. The molecular formula is C28H42O7. The third-order valence-electron chi connectivity index (χ3n) is 10.9. The van der Waals surface area contributed by atoms with Crippen LogP contribution in [0.15, 0.2) is 11.6 Å². The van der Waals surface area contributed by atoms with Gasteiger partial charge in [-0.25, -0.2) is 9.59 Å². The molecule has 7 heteroatoms. The molecule has 35 heavy (non-hydrogen) atoms. The van der Waals surface area contributed by atoms with Crippen LogP contribution in [0.3, 0.4) is 0 Å².